The van der Waals surface area contributed by atoms with Gasteiger partial charge in [0.15, 0.2) is 12.2 Å². The van der Waals surface area contributed by atoms with Crippen LogP contribution in [0.4, 0.5) is 0 Å². The Morgan fingerprint density at radius 2 is 1.19 bits per heavy atom. The summed E-state index contributed by atoms with van der Waals surface area (Å²) >= 11 is 0. The van der Waals surface area contributed by atoms with Gasteiger partial charge in [-0.05, 0) is 36.6 Å². The van der Waals surface area contributed by atoms with Crippen molar-refractivity contribution >= 4 is 33.5 Å². The molecule has 3 aromatic heterocycles. The summed E-state index contributed by atoms with van der Waals surface area (Å²) < 4.78 is 0. The van der Waals surface area contributed by atoms with Crippen molar-refractivity contribution in [3.63, 3.8) is 0 Å². The van der Waals surface area contributed by atoms with Crippen LogP contribution in [0.25, 0.3) is 0 Å². The van der Waals surface area contributed by atoms with Gasteiger partial charge in [0.2, 0.25) is 0 Å². The average molecular weight is 628 g/mol. The molecule has 0 saturated heterocycles. The number of rotatable bonds is 11. The summed E-state index contributed by atoms with van der Waals surface area (Å²) in [6.45, 7) is 2.98. The molecule has 0 aliphatic rings. The SMILES string of the molecule is Cc1ncc(CSSCc2cnc(C)c(O)c2CO)c(CO)c1O.O=C(O)[C@H](O)[C@@H](O)C(=O)O.OCc1cccnc1. The van der Waals surface area contributed by atoms with Crippen molar-refractivity contribution in [3.05, 3.63) is 76.1 Å². The highest BCUT2D eigenvalue weighted by atomic mass is 33.1. The maximum Gasteiger partial charge on any atom is 0.335 e. The smallest absolute Gasteiger partial charge is 0.335 e. The van der Waals surface area contributed by atoms with Gasteiger partial charge in [-0.1, -0.05) is 27.7 Å². The van der Waals surface area contributed by atoms with Crippen LogP contribution in [0.15, 0.2) is 36.9 Å². The zero-order valence-electron chi connectivity index (χ0n) is 22.7. The molecule has 0 radical (unpaired) electrons. The molecule has 0 unspecified atom stereocenters. The van der Waals surface area contributed by atoms with Gasteiger partial charge in [0.1, 0.15) is 11.5 Å². The first kappa shape index (κ1) is 36.5. The maximum atomic E-state index is 9.94. The number of pyridine rings is 3. The van der Waals surface area contributed by atoms with E-state index in [1.807, 2.05) is 6.07 Å². The molecule has 3 heterocycles. The first-order valence-corrected chi connectivity index (χ1v) is 14.5. The average Bonchev–Trinajstić information content (AvgIpc) is 2.99. The van der Waals surface area contributed by atoms with Crippen LogP contribution in [0.5, 0.6) is 11.5 Å². The van der Waals surface area contributed by atoms with E-state index >= 15 is 0 Å². The topological polar surface area (TPSA) is 255 Å². The Hall–Kier alpha value is -3.51. The van der Waals surface area contributed by atoms with Crippen LogP contribution in [0.2, 0.25) is 0 Å². The Bertz CT molecular complexity index is 1220. The predicted molar refractivity (Wildman–Crippen MR) is 153 cm³/mol. The van der Waals surface area contributed by atoms with Crippen LogP contribution in [0.1, 0.15) is 39.2 Å². The summed E-state index contributed by atoms with van der Waals surface area (Å²) in [5.41, 5.74) is 4.41. The third-order valence-corrected chi connectivity index (χ3v) is 7.63. The van der Waals surface area contributed by atoms with Crippen molar-refractivity contribution in [2.24, 2.45) is 0 Å². The lowest BCUT2D eigenvalue weighted by Crippen LogP contribution is -2.39. The summed E-state index contributed by atoms with van der Waals surface area (Å²) in [5, 5.41) is 79.7. The molecule has 2 atom stereocenters. The lowest BCUT2D eigenvalue weighted by molar-refractivity contribution is -0.165. The Kier molecular flexibility index (Phi) is 16.4. The van der Waals surface area contributed by atoms with Gasteiger partial charge in [-0.3, -0.25) is 15.0 Å². The standard InChI is InChI=1S/C16H20N2O4S2.C6H7NO.C4H6O6/c1-9-15(21)13(5-19)11(3-17-9)7-23-24-8-12-4-18-10(2)16(22)14(12)6-20;8-5-6-2-1-3-7-4-6;5-1(3(7)8)2(6)4(9)10/h3-4,19-22H,5-8H2,1-2H3;1-4,8H,5H2;1-2,5-6H,(H,7,8)(H,9,10)/t;;1-,2-/m..1/s1. The van der Waals surface area contributed by atoms with Gasteiger partial charge in [-0.25, -0.2) is 9.59 Å². The van der Waals surface area contributed by atoms with Crippen LogP contribution in [0.3, 0.4) is 0 Å². The molecule has 9 N–H and O–H groups in total. The Morgan fingerprint density at radius 1 is 0.762 bits per heavy atom. The predicted octanol–water partition coefficient (Wildman–Crippen LogP) is 1.02. The second kappa shape index (κ2) is 18.8. The molecule has 0 bridgehead atoms. The molecule has 16 heteroatoms. The van der Waals surface area contributed by atoms with Crippen molar-refractivity contribution in [2.75, 3.05) is 0 Å². The number of aliphatic hydroxyl groups excluding tert-OH is 5. The Balaban J connectivity index is 0.000000400. The molecule has 0 aliphatic heterocycles. The largest absolute Gasteiger partial charge is 0.506 e. The Morgan fingerprint density at radius 3 is 1.48 bits per heavy atom. The van der Waals surface area contributed by atoms with Crippen LogP contribution in [-0.4, -0.2) is 85.1 Å². The van der Waals surface area contributed by atoms with E-state index in [-0.39, 0.29) is 31.3 Å². The highest BCUT2D eigenvalue weighted by molar-refractivity contribution is 8.76. The van der Waals surface area contributed by atoms with E-state index in [0.29, 0.717) is 34.0 Å². The summed E-state index contributed by atoms with van der Waals surface area (Å²) in [7, 11) is 3.08. The number of aliphatic carboxylic acids is 2. The van der Waals surface area contributed by atoms with E-state index in [4.69, 9.17) is 25.5 Å². The van der Waals surface area contributed by atoms with Crippen molar-refractivity contribution in [1.82, 2.24) is 15.0 Å². The first-order valence-electron chi connectivity index (χ1n) is 12.0. The number of hydrogen-bond acceptors (Lipinski definition) is 14. The van der Waals surface area contributed by atoms with E-state index in [1.54, 1.807) is 44.7 Å². The van der Waals surface area contributed by atoms with Gasteiger partial charge in [0, 0.05) is 47.4 Å². The number of aromatic hydroxyl groups is 2. The van der Waals surface area contributed by atoms with E-state index in [1.165, 1.54) is 21.6 Å². The van der Waals surface area contributed by atoms with Gasteiger partial charge < -0.3 is 46.0 Å². The minimum Gasteiger partial charge on any atom is -0.506 e. The van der Waals surface area contributed by atoms with E-state index in [2.05, 4.69) is 15.0 Å². The molecular weight excluding hydrogens is 594 g/mol. The minimum absolute atomic E-state index is 0.0378. The molecular formula is C26H33N3O11S2. The highest BCUT2D eigenvalue weighted by Crippen LogP contribution is 2.35. The van der Waals surface area contributed by atoms with E-state index in [9.17, 15) is 30.0 Å². The first-order chi connectivity index (χ1) is 19.9. The number of aryl methyl sites for hydroxylation is 2. The fourth-order valence-electron chi connectivity index (χ4n) is 2.94. The summed E-state index contributed by atoms with van der Waals surface area (Å²) in [4.78, 5) is 31.6. The molecule has 3 rings (SSSR count). The molecule has 0 spiro atoms. The highest BCUT2D eigenvalue weighted by Gasteiger charge is 2.29. The van der Waals surface area contributed by atoms with Crippen LogP contribution in [0, 0.1) is 13.8 Å². The van der Waals surface area contributed by atoms with E-state index in [0.717, 1.165) is 16.7 Å². The van der Waals surface area contributed by atoms with Gasteiger partial charge in [0.25, 0.3) is 0 Å². The number of aliphatic hydroxyl groups is 5. The van der Waals surface area contributed by atoms with Gasteiger partial charge in [0.05, 0.1) is 31.2 Å². The second-order valence-electron chi connectivity index (χ2n) is 8.32. The van der Waals surface area contributed by atoms with Crippen LogP contribution < -0.4 is 0 Å². The Labute approximate surface area is 248 Å². The molecule has 42 heavy (non-hydrogen) atoms. The number of nitrogens with zero attached hydrogens (tertiary/aromatic N) is 3. The lowest BCUT2D eigenvalue weighted by atomic mass is 10.1. The molecule has 230 valence electrons. The van der Waals surface area contributed by atoms with Crippen molar-refractivity contribution in [2.45, 2.75) is 57.4 Å². The zero-order valence-corrected chi connectivity index (χ0v) is 24.3. The van der Waals surface area contributed by atoms with Crippen molar-refractivity contribution < 1.29 is 55.5 Å². The fourth-order valence-corrected chi connectivity index (χ4v) is 5.12. The van der Waals surface area contributed by atoms with Crippen LogP contribution in [-0.2, 0) is 40.9 Å². The fraction of sp³-hybridized carbons (Fsp3) is 0.346. The third-order valence-electron chi connectivity index (χ3n) is 5.40. The van der Waals surface area contributed by atoms with Crippen molar-refractivity contribution in [1.29, 1.82) is 0 Å². The van der Waals surface area contributed by atoms with Crippen molar-refractivity contribution in [3.8, 4) is 11.5 Å². The second-order valence-corrected chi connectivity index (χ2v) is 10.8. The molecule has 3 aromatic rings. The molecule has 0 saturated carbocycles. The number of aromatic nitrogens is 3. The van der Waals surface area contributed by atoms with E-state index < -0.39 is 24.1 Å². The molecule has 14 nitrogen and oxygen atoms in total. The van der Waals surface area contributed by atoms with Gasteiger partial charge in [-0.15, -0.1) is 0 Å². The zero-order chi connectivity index (χ0) is 31.8. The molecule has 0 amide bonds. The number of carboxylic acid groups (broad SMARTS) is 2. The maximum absolute atomic E-state index is 9.94. The quantitative estimate of drug-likeness (QED) is 0.106. The lowest BCUT2D eigenvalue weighted by Gasteiger charge is -2.12. The molecule has 0 aliphatic carbocycles. The summed E-state index contributed by atoms with van der Waals surface area (Å²) in [5.74, 6) is -2.32. The minimum atomic E-state index is -2.27. The number of carbonyl (C=O) groups is 2. The number of hydrogen-bond donors (Lipinski definition) is 9. The normalized spacial score (nSPS) is 11.8. The summed E-state index contributed by atoms with van der Waals surface area (Å²) in [6, 6.07) is 3.62. The van der Waals surface area contributed by atoms with Gasteiger partial charge in [-0.2, -0.15) is 0 Å². The molecule has 0 aromatic carbocycles. The summed E-state index contributed by atoms with van der Waals surface area (Å²) in [6.07, 6.45) is 2.10. The van der Waals surface area contributed by atoms with Crippen LogP contribution >= 0.6 is 21.6 Å². The monoisotopic (exact) mass is 627 g/mol. The molecule has 0 fully saturated rings. The van der Waals surface area contributed by atoms with Gasteiger partial charge >= 0.3 is 11.9 Å². The number of carboxylic acids is 2. The third kappa shape index (κ3) is 11.4.